The molecule has 10 nitrogen and oxygen atoms in total. The molecule has 0 saturated carbocycles. The Morgan fingerprint density at radius 1 is 0.487 bits per heavy atom. The van der Waals surface area contributed by atoms with E-state index >= 15 is 0 Å². The first kappa shape index (κ1) is 32.6. The highest BCUT2D eigenvalue weighted by molar-refractivity contribution is 5.43. The molecular formula is C29H44O10. The molecular weight excluding hydrogens is 508 g/mol. The molecule has 2 rings (SSSR count). The van der Waals surface area contributed by atoms with Crippen LogP contribution in [-0.4, -0.2) is 106 Å². The van der Waals surface area contributed by atoms with Crippen LogP contribution >= 0.6 is 0 Å². The van der Waals surface area contributed by atoms with Gasteiger partial charge >= 0.3 is 0 Å². The molecule has 0 aromatic heterocycles. The van der Waals surface area contributed by atoms with Crippen molar-refractivity contribution in [3.63, 3.8) is 0 Å². The Morgan fingerprint density at radius 3 is 1.54 bits per heavy atom. The molecule has 0 fully saturated rings. The van der Waals surface area contributed by atoms with Gasteiger partial charge in [-0.15, -0.1) is 0 Å². The van der Waals surface area contributed by atoms with Crippen molar-refractivity contribution in [2.45, 2.75) is 12.8 Å². The minimum Gasteiger partial charge on any atom is -0.497 e. The number of ether oxygens (including phenoxy) is 9. The lowest BCUT2D eigenvalue weighted by Gasteiger charge is -2.12. The van der Waals surface area contributed by atoms with E-state index in [1.165, 1.54) is 0 Å². The van der Waals surface area contributed by atoms with Crippen molar-refractivity contribution in [3.05, 3.63) is 47.5 Å². The van der Waals surface area contributed by atoms with Crippen LogP contribution < -0.4 is 18.9 Å². The van der Waals surface area contributed by atoms with Crippen molar-refractivity contribution < 1.29 is 47.7 Å². The van der Waals surface area contributed by atoms with Crippen molar-refractivity contribution in [1.29, 1.82) is 0 Å². The molecule has 10 heteroatoms. The van der Waals surface area contributed by atoms with Gasteiger partial charge in [0.2, 0.25) is 0 Å². The molecule has 1 N–H and O–H groups in total. The SMILES string of the molecule is COc1cc(CCc2ccc(OC)c(OC)c2)cc(OCCOCCOCCOCCOCCOCCO)c1. The second kappa shape index (κ2) is 21.2. The van der Waals surface area contributed by atoms with Crippen molar-refractivity contribution in [2.24, 2.45) is 0 Å². The number of hydrogen-bond acceptors (Lipinski definition) is 10. The summed E-state index contributed by atoms with van der Waals surface area (Å²) in [4.78, 5) is 0. The topological polar surface area (TPSA) is 103 Å². The molecule has 0 bridgehead atoms. The van der Waals surface area contributed by atoms with Gasteiger partial charge in [-0.3, -0.25) is 0 Å². The predicted molar refractivity (Wildman–Crippen MR) is 147 cm³/mol. The normalized spacial score (nSPS) is 11.0. The Balaban J connectivity index is 1.55. The van der Waals surface area contributed by atoms with Crippen LogP contribution in [0, 0.1) is 0 Å². The van der Waals surface area contributed by atoms with Gasteiger partial charge in [0.15, 0.2) is 11.5 Å². The molecule has 0 amide bonds. The lowest BCUT2D eigenvalue weighted by molar-refractivity contribution is -0.0146. The maximum absolute atomic E-state index is 8.59. The monoisotopic (exact) mass is 552 g/mol. The maximum atomic E-state index is 8.59. The van der Waals surface area contributed by atoms with Gasteiger partial charge in [0, 0.05) is 6.07 Å². The third-order valence-electron chi connectivity index (χ3n) is 5.55. The highest BCUT2D eigenvalue weighted by atomic mass is 16.6. The van der Waals surface area contributed by atoms with Gasteiger partial charge in [0.25, 0.3) is 0 Å². The van der Waals surface area contributed by atoms with E-state index in [1.807, 2.05) is 36.4 Å². The quantitative estimate of drug-likeness (QED) is 0.196. The molecule has 0 aliphatic heterocycles. The van der Waals surface area contributed by atoms with Crippen molar-refractivity contribution in [2.75, 3.05) is 101 Å². The van der Waals surface area contributed by atoms with E-state index in [1.54, 1.807) is 21.3 Å². The van der Waals surface area contributed by atoms with Crippen LogP contribution in [0.4, 0.5) is 0 Å². The lowest BCUT2D eigenvalue weighted by atomic mass is 10.0. The van der Waals surface area contributed by atoms with Gasteiger partial charge in [-0.25, -0.2) is 0 Å². The van der Waals surface area contributed by atoms with Crippen LogP contribution in [0.15, 0.2) is 36.4 Å². The van der Waals surface area contributed by atoms with E-state index in [0.29, 0.717) is 72.7 Å². The number of hydrogen-bond donors (Lipinski definition) is 1. The highest BCUT2D eigenvalue weighted by Gasteiger charge is 2.07. The summed E-state index contributed by atoms with van der Waals surface area (Å²) >= 11 is 0. The van der Waals surface area contributed by atoms with Gasteiger partial charge < -0.3 is 47.7 Å². The minimum atomic E-state index is 0.0241. The van der Waals surface area contributed by atoms with E-state index in [2.05, 4.69) is 0 Å². The molecule has 0 radical (unpaired) electrons. The summed E-state index contributed by atoms with van der Waals surface area (Å²) in [6, 6.07) is 11.9. The predicted octanol–water partition coefficient (Wildman–Crippen LogP) is 2.95. The number of aliphatic hydroxyl groups is 1. The average Bonchev–Trinajstić information content (AvgIpc) is 2.97. The molecule has 0 heterocycles. The second-order valence-corrected chi connectivity index (χ2v) is 8.34. The average molecular weight is 553 g/mol. The van der Waals surface area contributed by atoms with Crippen LogP contribution in [0.3, 0.4) is 0 Å². The fourth-order valence-corrected chi connectivity index (χ4v) is 3.57. The van der Waals surface area contributed by atoms with Crippen LogP contribution in [-0.2, 0) is 36.5 Å². The first-order valence-corrected chi connectivity index (χ1v) is 13.2. The molecule has 39 heavy (non-hydrogen) atoms. The van der Waals surface area contributed by atoms with E-state index in [9.17, 15) is 0 Å². The Bertz CT molecular complexity index is 892. The Labute approximate surface area is 232 Å². The summed E-state index contributed by atoms with van der Waals surface area (Å²) in [6.45, 7) is 5.16. The molecule has 2 aromatic carbocycles. The third-order valence-corrected chi connectivity index (χ3v) is 5.55. The second-order valence-electron chi connectivity index (χ2n) is 8.34. The van der Waals surface area contributed by atoms with E-state index in [4.69, 9.17) is 47.7 Å². The summed E-state index contributed by atoms with van der Waals surface area (Å²) in [6.07, 6.45) is 1.67. The van der Waals surface area contributed by atoms with Crippen molar-refractivity contribution in [1.82, 2.24) is 0 Å². The van der Waals surface area contributed by atoms with Crippen LogP contribution in [0.1, 0.15) is 11.1 Å². The first-order valence-electron chi connectivity index (χ1n) is 13.2. The lowest BCUT2D eigenvalue weighted by Crippen LogP contribution is -2.14. The number of methoxy groups -OCH3 is 3. The Morgan fingerprint density at radius 2 is 1.00 bits per heavy atom. The molecule has 2 aromatic rings. The molecule has 0 unspecified atom stereocenters. The van der Waals surface area contributed by atoms with Gasteiger partial charge in [0.05, 0.1) is 94.0 Å². The van der Waals surface area contributed by atoms with Gasteiger partial charge in [-0.2, -0.15) is 0 Å². The van der Waals surface area contributed by atoms with Crippen LogP contribution in [0.2, 0.25) is 0 Å². The smallest absolute Gasteiger partial charge is 0.160 e. The van der Waals surface area contributed by atoms with E-state index < -0.39 is 0 Å². The summed E-state index contributed by atoms with van der Waals surface area (Å²) in [5.41, 5.74) is 2.28. The maximum Gasteiger partial charge on any atom is 0.160 e. The summed E-state index contributed by atoms with van der Waals surface area (Å²) in [5, 5.41) is 8.59. The minimum absolute atomic E-state index is 0.0241. The van der Waals surface area contributed by atoms with Crippen molar-refractivity contribution >= 4 is 0 Å². The third kappa shape index (κ3) is 14.4. The molecule has 0 spiro atoms. The fourth-order valence-electron chi connectivity index (χ4n) is 3.57. The largest absolute Gasteiger partial charge is 0.497 e. The zero-order chi connectivity index (χ0) is 28.0. The van der Waals surface area contributed by atoms with Crippen molar-refractivity contribution in [3.8, 4) is 23.0 Å². The van der Waals surface area contributed by atoms with Gasteiger partial charge in [0.1, 0.15) is 18.1 Å². The summed E-state index contributed by atoms with van der Waals surface area (Å²) < 4.78 is 49.0. The standard InChI is InChI=1S/C29H44O10/c1-31-26-20-25(5-4-24-6-7-28(32-2)29(22-24)33-3)21-27(23-26)39-19-18-38-17-16-37-15-14-36-13-12-35-11-10-34-9-8-30/h6-7,20-23,30H,4-5,8-19H2,1-3H3. The molecule has 0 saturated heterocycles. The van der Waals surface area contributed by atoms with Gasteiger partial charge in [-0.05, 0) is 48.2 Å². The number of aliphatic hydroxyl groups excluding tert-OH is 1. The number of aryl methyl sites for hydroxylation is 2. The molecule has 0 aliphatic carbocycles. The highest BCUT2D eigenvalue weighted by Crippen LogP contribution is 2.29. The van der Waals surface area contributed by atoms with Gasteiger partial charge in [-0.1, -0.05) is 6.07 Å². The Kier molecular flexibility index (Phi) is 17.8. The molecule has 220 valence electrons. The fraction of sp³-hybridized carbons (Fsp3) is 0.586. The Hall–Kier alpha value is -2.60. The van der Waals surface area contributed by atoms with E-state index in [-0.39, 0.29) is 6.61 Å². The molecule has 0 aliphatic rings. The zero-order valence-electron chi connectivity index (χ0n) is 23.5. The number of rotatable bonds is 24. The summed E-state index contributed by atoms with van der Waals surface area (Å²) in [7, 11) is 4.92. The molecule has 0 atom stereocenters. The van der Waals surface area contributed by atoms with Crippen LogP contribution in [0.25, 0.3) is 0 Å². The summed E-state index contributed by atoms with van der Waals surface area (Å²) in [5.74, 6) is 2.94. The zero-order valence-corrected chi connectivity index (χ0v) is 23.5. The van der Waals surface area contributed by atoms with E-state index in [0.717, 1.165) is 47.0 Å². The number of benzene rings is 2. The van der Waals surface area contributed by atoms with Crippen LogP contribution in [0.5, 0.6) is 23.0 Å². The first-order chi connectivity index (χ1) is 19.2.